The summed E-state index contributed by atoms with van der Waals surface area (Å²) in [6, 6.07) is 9.82. The van der Waals surface area contributed by atoms with Gasteiger partial charge in [0.2, 0.25) is 0 Å². The normalized spacial score (nSPS) is 19.1. The summed E-state index contributed by atoms with van der Waals surface area (Å²) < 4.78 is 5.72. The first-order chi connectivity index (χ1) is 11.8. The molecule has 2 fully saturated rings. The minimum absolute atomic E-state index is 0.101. The third kappa shape index (κ3) is 4.18. The van der Waals surface area contributed by atoms with Crippen LogP contribution in [-0.2, 0) is 0 Å². The number of piperidine rings is 1. The van der Waals surface area contributed by atoms with E-state index in [-0.39, 0.29) is 6.03 Å². The Morgan fingerprint density at radius 2 is 1.96 bits per heavy atom. The van der Waals surface area contributed by atoms with E-state index >= 15 is 0 Å². The number of carbonyl (C=O) groups excluding carboxylic acids is 1. The molecule has 1 aromatic carbocycles. The molecule has 0 spiro atoms. The molecule has 128 valence electrons. The lowest BCUT2D eigenvalue weighted by molar-refractivity contribution is 0.131. The van der Waals surface area contributed by atoms with Crippen LogP contribution in [0, 0.1) is 11.3 Å². The van der Waals surface area contributed by atoms with Gasteiger partial charge in [0.05, 0.1) is 18.2 Å². The predicted molar refractivity (Wildman–Crippen MR) is 90.8 cm³/mol. The van der Waals surface area contributed by atoms with E-state index in [1.54, 1.807) is 12.1 Å². The van der Waals surface area contributed by atoms with Gasteiger partial charge in [0.15, 0.2) is 0 Å². The second kappa shape index (κ2) is 8.02. The Balaban J connectivity index is 1.32. The Labute approximate surface area is 143 Å². The molecule has 0 saturated carbocycles. The first-order valence-electron chi connectivity index (χ1n) is 8.66. The molecule has 3 rings (SSSR count). The third-order valence-corrected chi connectivity index (χ3v) is 4.76. The van der Waals surface area contributed by atoms with Crippen molar-refractivity contribution in [3.05, 3.63) is 29.8 Å². The minimum atomic E-state index is 0.101. The number of amides is 2. The summed E-state index contributed by atoms with van der Waals surface area (Å²) in [6.07, 6.45) is 3.10. The summed E-state index contributed by atoms with van der Waals surface area (Å²) in [7, 11) is 0. The second-order valence-corrected chi connectivity index (χ2v) is 6.34. The molecule has 2 aliphatic rings. The molecular formula is C18H24N4O2. The Bertz CT molecular complexity index is 588. The van der Waals surface area contributed by atoms with Crippen molar-refractivity contribution in [2.75, 3.05) is 39.3 Å². The maximum atomic E-state index is 11.7. The summed E-state index contributed by atoms with van der Waals surface area (Å²) in [5.74, 6) is 0.813. The maximum absolute atomic E-state index is 11.7. The van der Waals surface area contributed by atoms with Crippen LogP contribution in [0.3, 0.4) is 0 Å². The lowest BCUT2D eigenvalue weighted by atomic mass is 10.0. The number of hydrogen-bond donors (Lipinski definition) is 1. The number of nitriles is 1. The molecule has 24 heavy (non-hydrogen) atoms. The van der Waals surface area contributed by atoms with Gasteiger partial charge in [0.1, 0.15) is 5.75 Å². The van der Waals surface area contributed by atoms with E-state index in [0.717, 1.165) is 57.7 Å². The van der Waals surface area contributed by atoms with Gasteiger partial charge in [-0.15, -0.1) is 0 Å². The highest BCUT2D eigenvalue weighted by atomic mass is 16.5. The number of rotatable bonds is 6. The van der Waals surface area contributed by atoms with Gasteiger partial charge in [-0.2, -0.15) is 5.26 Å². The molecule has 0 bridgehead atoms. The van der Waals surface area contributed by atoms with Gasteiger partial charge in [-0.25, -0.2) is 4.79 Å². The van der Waals surface area contributed by atoms with Gasteiger partial charge in [0.25, 0.3) is 0 Å². The molecule has 0 atom stereocenters. The van der Waals surface area contributed by atoms with Gasteiger partial charge in [-0.05, 0) is 43.5 Å². The summed E-state index contributed by atoms with van der Waals surface area (Å²) in [5.41, 5.74) is 0.650. The van der Waals surface area contributed by atoms with Crippen LogP contribution in [0.25, 0.3) is 0 Å². The SMILES string of the molecule is N#Cc1ccc(OCCCN2CCC(N3CCNC3=O)CC2)cc1. The lowest BCUT2D eigenvalue weighted by Gasteiger charge is -2.36. The van der Waals surface area contributed by atoms with Crippen LogP contribution in [0.4, 0.5) is 4.79 Å². The molecule has 2 aliphatic heterocycles. The fourth-order valence-electron chi connectivity index (χ4n) is 3.39. The van der Waals surface area contributed by atoms with Crippen LogP contribution in [0.1, 0.15) is 24.8 Å². The average molecular weight is 328 g/mol. The number of urea groups is 1. The van der Waals surface area contributed by atoms with Gasteiger partial charge in [-0.1, -0.05) is 0 Å². The van der Waals surface area contributed by atoms with Crippen molar-refractivity contribution in [3.8, 4) is 11.8 Å². The Morgan fingerprint density at radius 1 is 1.21 bits per heavy atom. The minimum Gasteiger partial charge on any atom is -0.494 e. The van der Waals surface area contributed by atoms with E-state index < -0.39 is 0 Å². The topological polar surface area (TPSA) is 68.6 Å². The lowest BCUT2D eigenvalue weighted by Crippen LogP contribution is -2.46. The van der Waals surface area contributed by atoms with Crippen LogP contribution < -0.4 is 10.1 Å². The number of hydrogen-bond acceptors (Lipinski definition) is 4. The number of ether oxygens (including phenoxy) is 1. The number of nitrogens with zero attached hydrogens (tertiary/aromatic N) is 3. The number of likely N-dealkylation sites (tertiary alicyclic amines) is 1. The fourth-order valence-corrected chi connectivity index (χ4v) is 3.39. The van der Waals surface area contributed by atoms with Gasteiger partial charge in [0, 0.05) is 38.8 Å². The van der Waals surface area contributed by atoms with Gasteiger partial charge in [-0.3, -0.25) is 0 Å². The molecule has 2 heterocycles. The predicted octanol–water partition coefficient (Wildman–Crippen LogP) is 1.82. The molecule has 1 N–H and O–H groups in total. The van der Waals surface area contributed by atoms with Gasteiger partial charge >= 0.3 is 6.03 Å². The van der Waals surface area contributed by atoms with E-state index in [1.165, 1.54) is 0 Å². The summed E-state index contributed by atoms with van der Waals surface area (Å²) in [4.78, 5) is 16.2. The Morgan fingerprint density at radius 3 is 2.58 bits per heavy atom. The third-order valence-electron chi connectivity index (χ3n) is 4.76. The van der Waals surface area contributed by atoms with Crippen molar-refractivity contribution in [2.45, 2.75) is 25.3 Å². The van der Waals surface area contributed by atoms with Crippen molar-refractivity contribution < 1.29 is 9.53 Å². The van der Waals surface area contributed by atoms with E-state index in [1.807, 2.05) is 17.0 Å². The highest BCUT2D eigenvalue weighted by molar-refractivity contribution is 5.76. The molecular weight excluding hydrogens is 304 g/mol. The molecule has 1 aromatic rings. The van der Waals surface area contributed by atoms with Crippen molar-refractivity contribution in [2.24, 2.45) is 0 Å². The van der Waals surface area contributed by atoms with Crippen LogP contribution in [0.15, 0.2) is 24.3 Å². The molecule has 0 unspecified atom stereocenters. The van der Waals surface area contributed by atoms with E-state index in [4.69, 9.17) is 10.00 Å². The van der Waals surface area contributed by atoms with Crippen LogP contribution in [-0.4, -0.2) is 61.2 Å². The highest BCUT2D eigenvalue weighted by Crippen LogP contribution is 2.18. The van der Waals surface area contributed by atoms with Crippen molar-refractivity contribution >= 4 is 6.03 Å². The highest BCUT2D eigenvalue weighted by Gasteiger charge is 2.30. The quantitative estimate of drug-likeness (QED) is 0.809. The van der Waals surface area contributed by atoms with Crippen molar-refractivity contribution in [1.82, 2.24) is 15.1 Å². The van der Waals surface area contributed by atoms with E-state index in [9.17, 15) is 4.79 Å². The molecule has 6 heteroatoms. The molecule has 2 amide bonds. The Kier molecular flexibility index (Phi) is 5.55. The monoisotopic (exact) mass is 328 g/mol. The second-order valence-electron chi connectivity index (χ2n) is 6.34. The van der Waals surface area contributed by atoms with Crippen molar-refractivity contribution in [1.29, 1.82) is 5.26 Å². The van der Waals surface area contributed by atoms with Crippen LogP contribution >= 0.6 is 0 Å². The Hall–Kier alpha value is -2.26. The largest absolute Gasteiger partial charge is 0.494 e. The summed E-state index contributed by atoms with van der Waals surface area (Å²) in [6.45, 7) is 5.43. The molecule has 0 radical (unpaired) electrons. The average Bonchev–Trinajstić information content (AvgIpc) is 3.06. The molecule has 0 aromatic heterocycles. The zero-order valence-electron chi connectivity index (χ0n) is 13.9. The molecule has 2 saturated heterocycles. The number of benzene rings is 1. The molecule has 6 nitrogen and oxygen atoms in total. The number of nitrogens with one attached hydrogen (secondary N) is 1. The van der Waals surface area contributed by atoms with E-state index in [2.05, 4.69) is 16.3 Å². The summed E-state index contributed by atoms with van der Waals surface area (Å²) >= 11 is 0. The first kappa shape index (κ1) is 16.6. The smallest absolute Gasteiger partial charge is 0.317 e. The fraction of sp³-hybridized carbons (Fsp3) is 0.556. The number of carbonyl (C=O) groups is 1. The van der Waals surface area contributed by atoms with Crippen molar-refractivity contribution in [3.63, 3.8) is 0 Å². The van der Waals surface area contributed by atoms with Crippen LogP contribution in [0.5, 0.6) is 5.75 Å². The zero-order valence-corrected chi connectivity index (χ0v) is 13.9. The van der Waals surface area contributed by atoms with Gasteiger partial charge < -0.3 is 19.9 Å². The summed E-state index contributed by atoms with van der Waals surface area (Å²) in [5, 5.41) is 11.6. The van der Waals surface area contributed by atoms with E-state index in [0.29, 0.717) is 18.2 Å². The standard InChI is InChI=1S/C18H24N4O2/c19-14-15-2-4-17(5-3-15)24-13-1-9-21-10-6-16(7-11-21)22-12-8-20-18(22)23/h2-5,16H,1,6-13H2,(H,20,23). The first-order valence-corrected chi connectivity index (χ1v) is 8.66. The molecule has 0 aliphatic carbocycles. The maximum Gasteiger partial charge on any atom is 0.317 e. The van der Waals surface area contributed by atoms with Crippen LogP contribution in [0.2, 0.25) is 0 Å². The zero-order chi connectivity index (χ0) is 16.8.